The number of benzene rings is 1. The molecule has 3 amide bonds. The molecule has 2 aromatic rings. The van der Waals surface area contributed by atoms with Crippen LogP contribution in [0.15, 0.2) is 54.9 Å². The van der Waals surface area contributed by atoms with Crippen LogP contribution in [0, 0.1) is 0 Å². The van der Waals surface area contributed by atoms with Crippen LogP contribution in [0.3, 0.4) is 0 Å². The zero-order valence-electron chi connectivity index (χ0n) is 21.7. The fourth-order valence-electron chi connectivity index (χ4n) is 4.73. The second kappa shape index (κ2) is 13.2. The number of carbonyl (C=O) groups is 3. The van der Waals surface area contributed by atoms with E-state index in [9.17, 15) is 14.4 Å². The van der Waals surface area contributed by atoms with Gasteiger partial charge in [-0.15, -0.1) is 0 Å². The molecule has 0 saturated carbocycles. The van der Waals surface area contributed by atoms with E-state index >= 15 is 0 Å². The molecule has 0 N–H and O–H groups in total. The van der Waals surface area contributed by atoms with Crippen LogP contribution in [0.5, 0.6) is 5.75 Å². The SMILES string of the molecule is CCN(CC)CCN(CC)C(=O)CC1(c2ccccc2)CC(=O)N(CCCOc2cccnc2)C1=O. The second-order valence-electron chi connectivity index (χ2n) is 9.04. The number of pyridine rings is 1. The van der Waals surface area contributed by atoms with Gasteiger partial charge in [0.1, 0.15) is 5.75 Å². The van der Waals surface area contributed by atoms with E-state index in [1.165, 1.54) is 4.90 Å². The van der Waals surface area contributed by atoms with Gasteiger partial charge in [0.05, 0.1) is 18.2 Å². The first-order valence-electron chi connectivity index (χ1n) is 12.9. The average Bonchev–Trinajstić information content (AvgIpc) is 3.15. The van der Waals surface area contributed by atoms with E-state index in [1.807, 2.05) is 43.3 Å². The molecule has 0 bridgehead atoms. The van der Waals surface area contributed by atoms with E-state index in [-0.39, 0.29) is 37.1 Å². The summed E-state index contributed by atoms with van der Waals surface area (Å²) in [6.07, 6.45) is 3.77. The highest BCUT2D eigenvalue weighted by atomic mass is 16.5. The van der Waals surface area contributed by atoms with Crippen LogP contribution in [0.4, 0.5) is 0 Å². The molecule has 1 aliphatic heterocycles. The molecule has 0 radical (unpaired) electrons. The minimum Gasteiger partial charge on any atom is -0.492 e. The predicted molar refractivity (Wildman–Crippen MR) is 138 cm³/mol. The first-order chi connectivity index (χ1) is 17.4. The summed E-state index contributed by atoms with van der Waals surface area (Å²) in [7, 11) is 0. The van der Waals surface area contributed by atoms with E-state index in [1.54, 1.807) is 23.4 Å². The Bertz CT molecular complexity index is 997. The van der Waals surface area contributed by atoms with Gasteiger partial charge in [-0.2, -0.15) is 0 Å². The number of amides is 3. The summed E-state index contributed by atoms with van der Waals surface area (Å²) in [5.74, 6) is -0.000892. The summed E-state index contributed by atoms with van der Waals surface area (Å²) < 4.78 is 5.67. The standard InChI is InChI=1S/C28H38N4O4/c1-4-30(5-2)17-18-31(6-3)25(33)20-28(23-12-8-7-9-13-23)21-26(34)32(27(28)35)16-11-19-36-24-14-10-15-29-22-24/h7-10,12-15,22H,4-6,11,16-21H2,1-3H3. The topological polar surface area (TPSA) is 83.1 Å². The lowest BCUT2D eigenvalue weighted by atomic mass is 9.75. The van der Waals surface area contributed by atoms with Gasteiger partial charge < -0.3 is 14.5 Å². The van der Waals surface area contributed by atoms with Crippen molar-refractivity contribution in [3.63, 3.8) is 0 Å². The third-order valence-electron chi connectivity index (χ3n) is 6.93. The monoisotopic (exact) mass is 494 g/mol. The Morgan fingerprint density at radius 3 is 2.42 bits per heavy atom. The van der Waals surface area contributed by atoms with Crippen molar-refractivity contribution in [2.75, 3.05) is 45.9 Å². The summed E-state index contributed by atoms with van der Waals surface area (Å²) in [5, 5.41) is 0. The minimum absolute atomic E-state index is 0.00134. The Hall–Kier alpha value is -3.26. The van der Waals surface area contributed by atoms with Crippen LogP contribution < -0.4 is 4.74 Å². The molecule has 1 fully saturated rings. The number of likely N-dealkylation sites (N-methyl/N-ethyl adjacent to an activating group) is 2. The second-order valence-corrected chi connectivity index (χ2v) is 9.04. The number of nitrogens with zero attached hydrogens (tertiary/aromatic N) is 4. The average molecular weight is 495 g/mol. The Morgan fingerprint density at radius 2 is 1.78 bits per heavy atom. The van der Waals surface area contributed by atoms with Gasteiger partial charge in [-0.1, -0.05) is 44.2 Å². The van der Waals surface area contributed by atoms with Crippen molar-refractivity contribution in [1.82, 2.24) is 19.7 Å². The zero-order chi connectivity index (χ0) is 26.0. The summed E-state index contributed by atoms with van der Waals surface area (Å²) in [4.78, 5) is 49.7. The molecule has 8 nitrogen and oxygen atoms in total. The molecule has 0 spiro atoms. The smallest absolute Gasteiger partial charge is 0.240 e. The van der Waals surface area contributed by atoms with Crippen LogP contribution in [0.1, 0.15) is 45.6 Å². The molecule has 1 aliphatic rings. The van der Waals surface area contributed by atoms with E-state index < -0.39 is 5.41 Å². The van der Waals surface area contributed by atoms with Crippen molar-refractivity contribution in [3.8, 4) is 5.75 Å². The van der Waals surface area contributed by atoms with Gasteiger partial charge in [0.2, 0.25) is 17.7 Å². The lowest BCUT2D eigenvalue weighted by Crippen LogP contribution is -2.45. The van der Waals surface area contributed by atoms with Crippen molar-refractivity contribution in [2.24, 2.45) is 0 Å². The molecule has 1 saturated heterocycles. The highest BCUT2D eigenvalue weighted by molar-refractivity contribution is 6.10. The molecule has 2 heterocycles. The van der Waals surface area contributed by atoms with Crippen molar-refractivity contribution < 1.29 is 19.1 Å². The van der Waals surface area contributed by atoms with Gasteiger partial charge in [-0.25, -0.2) is 0 Å². The van der Waals surface area contributed by atoms with Crippen LogP contribution >= 0.6 is 0 Å². The third kappa shape index (κ3) is 6.49. The maximum atomic E-state index is 13.8. The van der Waals surface area contributed by atoms with Crippen molar-refractivity contribution >= 4 is 17.7 Å². The van der Waals surface area contributed by atoms with E-state index in [2.05, 4.69) is 23.7 Å². The Balaban J connectivity index is 1.73. The van der Waals surface area contributed by atoms with Crippen LogP contribution in [0.2, 0.25) is 0 Å². The van der Waals surface area contributed by atoms with Crippen molar-refractivity contribution in [2.45, 2.75) is 45.4 Å². The largest absolute Gasteiger partial charge is 0.492 e. The number of ether oxygens (including phenoxy) is 1. The van der Waals surface area contributed by atoms with Crippen LogP contribution in [-0.4, -0.2) is 83.3 Å². The quantitative estimate of drug-likeness (QED) is 0.296. The van der Waals surface area contributed by atoms with Gasteiger partial charge in [-0.3, -0.25) is 24.3 Å². The lowest BCUT2D eigenvalue weighted by Gasteiger charge is -2.31. The molecule has 1 aromatic carbocycles. The molecule has 194 valence electrons. The summed E-state index contributed by atoms with van der Waals surface area (Å²) in [5.41, 5.74) is -0.465. The molecule has 36 heavy (non-hydrogen) atoms. The van der Waals surface area contributed by atoms with Gasteiger partial charge in [-0.05, 0) is 44.1 Å². The normalized spacial score (nSPS) is 17.6. The number of imide groups is 1. The Kier molecular flexibility index (Phi) is 9.99. The summed E-state index contributed by atoms with van der Waals surface area (Å²) >= 11 is 0. The first kappa shape index (κ1) is 27.3. The Morgan fingerprint density at radius 1 is 1.03 bits per heavy atom. The molecular weight excluding hydrogens is 456 g/mol. The highest BCUT2D eigenvalue weighted by Gasteiger charge is 2.53. The van der Waals surface area contributed by atoms with Crippen molar-refractivity contribution in [1.29, 1.82) is 0 Å². The summed E-state index contributed by atoms with van der Waals surface area (Å²) in [6.45, 7) is 10.5. The highest BCUT2D eigenvalue weighted by Crippen LogP contribution is 2.40. The van der Waals surface area contributed by atoms with Crippen LogP contribution in [-0.2, 0) is 19.8 Å². The number of aromatic nitrogens is 1. The van der Waals surface area contributed by atoms with Gasteiger partial charge >= 0.3 is 0 Å². The van der Waals surface area contributed by atoms with E-state index in [0.29, 0.717) is 37.4 Å². The number of carbonyl (C=O) groups excluding carboxylic acids is 3. The maximum absolute atomic E-state index is 13.8. The Labute approximate surface area is 214 Å². The predicted octanol–water partition coefficient (Wildman–Crippen LogP) is 3.13. The number of hydrogen-bond acceptors (Lipinski definition) is 6. The number of rotatable bonds is 14. The van der Waals surface area contributed by atoms with Crippen LogP contribution in [0.25, 0.3) is 0 Å². The molecule has 0 aliphatic carbocycles. The van der Waals surface area contributed by atoms with Gasteiger partial charge in [0.25, 0.3) is 0 Å². The van der Waals surface area contributed by atoms with Crippen molar-refractivity contribution in [3.05, 3.63) is 60.4 Å². The fourth-order valence-corrected chi connectivity index (χ4v) is 4.73. The van der Waals surface area contributed by atoms with E-state index in [0.717, 1.165) is 19.6 Å². The van der Waals surface area contributed by atoms with Gasteiger partial charge in [0, 0.05) is 45.2 Å². The molecule has 1 aromatic heterocycles. The lowest BCUT2D eigenvalue weighted by molar-refractivity contribution is -0.142. The zero-order valence-corrected chi connectivity index (χ0v) is 21.7. The van der Waals surface area contributed by atoms with E-state index in [4.69, 9.17) is 4.74 Å². The fraction of sp³-hybridized carbons (Fsp3) is 0.500. The van der Waals surface area contributed by atoms with Gasteiger partial charge in [0.15, 0.2) is 0 Å². The minimum atomic E-state index is -1.18. The number of likely N-dealkylation sites (tertiary alicyclic amines) is 1. The molecule has 3 rings (SSSR count). The maximum Gasteiger partial charge on any atom is 0.240 e. The molecule has 8 heteroatoms. The molecule has 1 unspecified atom stereocenters. The number of hydrogen-bond donors (Lipinski definition) is 0. The third-order valence-corrected chi connectivity index (χ3v) is 6.93. The summed E-state index contributed by atoms with van der Waals surface area (Å²) in [6, 6.07) is 12.9. The first-order valence-corrected chi connectivity index (χ1v) is 12.9. The molecule has 1 atom stereocenters. The molecular formula is C28H38N4O4.